The zero-order valence-electron chi connectivity index (χ0n) is 19.4. The Hall–Kier alpha value is -2.98. The minimum absolute atomic E-state index is 0.0370. The van der Waals surface area contributed by atoms with Gasteiger partial charge in [0.15, 0.2) is 0 Å². The highest BCUT2D eigenvalue weighted by Crippen LogP contribution is 2.26. The predicted molar refractivity (Wildman–Crippen MR) is 130 cm³/mol. The van der Waals surface area contributed by atoms with Gasteiger partial charge in [0, 0.05) is 55.3 Å². The molecule has 0 saturated carbocycles. The number of methoxy groups -OCH3 is 1. The van der Waals surface area contributed by atoms with Gasteiger partial charge in [-0.25, -0.2) is 0 Å². The fourth-order valence-electron chi connectivity index (χ4n) is 4.69. The monoisotopic (exact) mass is 482 g/mol. The first-order chi connectivity index (χ1) is 16.7. The second kappa shape index (κ2) is 10.5. The number of hydrogen-bond acceptors (Lipinski definition) is 9. The van der Waals surface area contributed by atoms with Crippen LogP contribution in [-0.4, -0.2) is 65.8 Å². The summed E-state index contributed by atoms with van der Waals surface area (Å²) in [5, 5.41) is 7.33. The van der Waals surface area contributed by atoms with Crippen molar-refractivity contribution in [1.82, 2.24) is 25.3 Å². The number of hydrogen-bond donors (Lipinski definition) is 1. The molecular formula is C24H30N6O3S. The standard InChI is InChI=1S/C24H30N6O3S/c1-32-20-4-2-18(3-5-20)22-27-24(33-28-22)30-10-7-19(8-11-30)23(31)26-12-17-6-9-29(14-17)15-21-13-25-16-34-21/h2-5,13,16-17,19H,6-12,14-15H2,1H3,(H,26,31). The number of thiazole rings is 1. The molecule has 2 saturated heterocycles. The largest absolute Gasteiger partial charge is 0.497 e. The number of ether oxygens (including phenoxy) is 1. The average molecular weight is 483 g/mol. The highest BCUT2D eigenvalue weighted by Gasteiger charge is 2.29. The maximum atomic E-state index is 12.8. The molecule has 1 amide bonds. The number of carbonyl (C=O) groups excluding carboxylic acids is 1. The normalized spacial score (nSPS) is 19.4. The topological polar surface area (TPSA) is 96.6 Å². The van der Waals surface area contributed by atoms with Crippen molar-refractivity contribution in [3.8, 4) is 17.1 Å². The molecule has 2 aliphatic rings. The molecule has 1 N–H and O–H groups in total. The van der Waals surface area contributed by atoms with E-state index in [2.05, 4.69) is 30.2 Å². The van der Waals surface area contributed by atoms with Crippen LogP contribution in [0.3, 0.4) is 0 Å². The number of carbonyl (C=O) groups is 1. The summed E-state index contributed by atoms with van der Waals surface area (Å²) >= 11 is 1.70. The molecule has 0 spiro atoms. The van der Waals surface area contributed by atoms with Crippen LogP contribution in [0.1, 0.15) is 24.1 Å². The van der Waals surface area contributed by atoms with E-state index in [1.807, 2.05) is 36.0 Å². The average Bonchev–Trinajstić information content (AvgIpc) is 3.66. The van der Waals surface area contributed by atoms with Crippen molar-refractivity contribution in [2.75, 3.05) is 44.7 Å². The van der Waals surface area contributed by atoms with Crippen molar-refractivity contribution in [2.45, 2.75) is 25.8 Å². The second-order valence-electron chi connectivity index (χ2n) is 8.99. The van der Waals surface area contributed by atoms with Gasteiger partial charge < -0.3 is 19.5 Å². The van der Waals surface area contributed by atoms with E-state index >= 15 is 0 Å². The molecule has 2 fully saturated rings. The van der Waals surface area contributed by atoms with Gasteiger partial charge in [-0.05, 0) is 56.0 Å². The molecule has 2 aromatic heterocycles. The first-order valence-corrected chi connectivity index (χ1v) is 12.7. The lowest BCUT2D eigenvalue weighted by molar-refractivity contribution is -0.125. The van der Waals surface area contributed by atoms with Crippen molar-refractivity contribution in [1.29, 1.82) is 0 Å². The van der Waals surface area contributed by atoms with Gasteiger partial charge in [-0.15, -0.1) is 11.3 Å². The molecular weight excluding hydrogens is 452 g/mol. The first kappa shape index (κ1) is 22.8. The Labute approximate surface area is 203 Å². The van der Waals surface area contributed by atoms with Gasteiger partial charge in [0.2, 0.25) is 11.7 Å². The molecule has 1 aromatic carbocycles. The van der Waals surface area contributed by atoms with Crippen molar-refractivity contribution in [3.05, 3.63) is 40.8 Å². The molecule has 0 bridgehead atoms. The maximum Gasteiger partial charge on any atom is 0.324 e. The molecule has 0 radical (unpaired) electrons. The molecule has 34 heavy (non-hydrogen) atoms. The Morgan fingerprint density at radius 3 is 2.76 bits per heavy atom. The molecule has 9 nitrogen and oxygen atoms in total. The number of amides is 1. The van der Waals surface area contributed by atoms with E-state index in [-0.39, 0.29) is 11.8 Å². The van der Waals surface area contributed by atoms with E-state index < -0.39 is 0 Å². The van der Waals surface area contributed by atoms with E-state index in [1.165, 1.54) is 4.88 Å². The third kappa shape index (κ3) is 5.39. The van der Waals surface area contributed by atoms with Crippen LogP contribution in [0.15, 0.2) is 40.5 Å². The minimum Gasteiger partial charge on any atom is -0.497 e. The van der Waals surface area contributed by atoms with Crippen LogP contribution in [0, 0.1) is 11.8 Å². The van der Waals surface area contributed by atoms with Gasteiger partial charge in [-0.1, -0.05) is 5.16 Å². The zero-order chi connectivity index (χ0) is 23.3. The van der Waals surface area contributed by atoms with Gasteiger partial charge in [-0.3, -0.25) is 14.7 Å². The van der Waals surface area contributed by atoms with Gasteiger partial charge in [0.05, 0.1) is 12.6 Å². The van der Waals surface area contributed by atoms with Crippen molar-refractivity contribution in [3.63, 3.8) is 0 Å². The van der Waals surface area contributed by atoms with E-state index in [0.29, 0.717) is 17.8 Å². The van der Waals surface area contributed by atoms with Gasteiger partial charge in [0.25, 0.3) is 0 Å². The van der Waals surface area contributed by atoms with Crippen LogP contribution in [0.25, 0.3) is 11.4 Å². The Morgan fingerprint density at radius 1 is 1.21 bits per heavy atom. The third-order valence-electron chi connectivity index (χ3n) is 6.70. The highest BCUT2D eigenvalue weighted by molar-refractivity contribution is 7.09. The van der Waals surface area contributed by atoms with Crippen LogP contribution >= 0.6 is 11.3 Å². The van der Waals surface area contributed by atoms with Gasteiger partial charge in [0.1, 0.15) is 5.75 Å². The summed E-state index contributed by atoms with van der Waals surface area (Å²) in [4.78, 5) is 27.3. The summed E-state index contributed by atoms with van der Waals surface area (Å²) in [6.45, 7) is 5.29. The third-order valence-corrected chi connectivity index (χ3v) is 7.46. The molecule has 1 unspecified atom stereocenters. The molecule has 3 aromatic rings. The first-order valence-electron chi connectivity index (χ1n) is 11.8. The summed E-state index contributed by atoms with van der Waals surface area (Å²) in [5.41, 5.74) is 2.76. The lowest BCUT2D eigenvalue weighted by Crippen LogP contribution is -2.42. The number of benzene rings is 1. The lowest BCUT2D eigenvalue weighted by atomic mass is 9.96. The van der Waals surface area contributed by atoms with Crippen molar-refractivity contribution >= 4 is 23.3 Å². The summed E-state index contributed by atoms with van der Waals surface area (Å²) in [5.74, 6) is 2.07. The van der Waals surface area contributed by atoms with E-state index in [9.17, 15) is 4.79 Å². The molecule has 180 valence electrons. The predicted octanol–water partition coefficient (Wildman–Crippen LogP) is 3.06. The lowest BCUT2D eigenvalue weighted by Gasteiger charge is -2.30. The van der Waals surface area contributed by atoms with E-state index in [0.717, 1.165) is 69.8 Å². The number of nitrogens with zero attached hydrogens (tertiary/aromatic N) is 5. The van der Waals surface area contributed by atoms with Crippen LogP contribution < -0.4 is 15.0 Å². The number of piperidine rings is 1. The Morgan fingerprint density at radius 2 is 2.03 bits per heavy atom. The second-order valence-corrected chi connectivity index (χ2v) is 9.96. The Balaban J connectivity index is 1.05. The number of nitrogens with one attached hydrogen (secondary N) is 1. The van der Waals surface area contributed by atoms with Crippen LogP contribution in [0.4, 0.5) is 6.01 Å². The molecule has 0 aliphatic carbocycles. The van der Waals surface area contributed by atoms with Crippen molar-refractivity contribution < 1.29 is 14.1 Å². The number of rotatable bonds is 8. The fraction of sp³-hybridized carbons (Fsp3) is 0.500. The number of aromatic nitrogens is 3. The smallest absolute Gasteiger partial charge is 0.324 e. The summed E-state index contributed by atoms with van der Waals surface area (Å²) in [7, 11) is 1.64. The Bertz CT molecular complexity index is 1060. The summed E-state index contributed by atoms with van der Waals surface area (Å²) < 4.78 is 10.7. The molecule has 4 heterocycles. The van der Waals surface area contributed by atoms with Crippen LogP contribution in [-0.2, 0) is 11.3 Å². The quantitative estimate of drug-likeness (QED) is 0.523. The molecule has 1 atom stereocenters. The minimum atomic E-state index is 0.0370. The fourth-order valence-corrected chi connectivity index (χ4v) is 5.32. The number of anilines is 1. The number of likely N-dealkylation sites (tertiary alicyclic amines) is 1. The van der Waals surface area contributed by atoms with Gasteiger partial charge >= 0.3 is 6.01 Å². The molecule has 5 rings (SSSR count). The molecule has 10 heteroatoms. The van der Waals surface area contributed by atoms with E-state index in [1.54, 1.807) is 18.4 Å². The highest BCUT2D eigenvalue weighted by atomic mass is 32.1. The summed E-state index contributed by atoms with van der Waals surface area (Å²) in [6, 6.07) is 8.08. The molecule has 2 aliphatic heterocycles. The van der Waals surface area contributed by atoms with Crippen LogP contribution in [0.2, 0.25) is 0 Å². The summed E-state index contributed by atoms with van der Waals surface area (Å²) in [6.07, 6.45) is 4.65. The maximum absolute atomic E-state index is 12.8. The van der Waals surface area contributed by atoms with Crippen LogP contribution in [0.5, 0.6) is 5.75 Å². The zero-order valence-corrected chi connectivity index (χ0v) is 20.2. The SMILES string of the molecule is COc1ccc(-c2noc(N3CCC(C(=O)NCC4CCN(Cc5cncs5)C4)CC3)n2)cc1. The van der Waals surface area contributed by atoms with Crippen molar-refractivity contribution in [2.24, 2.45) is 11.8 Å². The van der Waals surface area contributed by atoms with Gasteiger partial charge in [-0.2, -0.15) is 4.98 Å². The van der Waals surface area contributed by atoms with E-state index in [4.69, 9.17) is 9.26 Å². The Kier molecular flexibility index (Phi) is 7.05.